The summed E-state index contributed by atoms with van der Waals surface area (Å²) >= 11 is 0. The molecule has 0 saturated heterocycles. The molecule has 1 unspecified atom stereocenters. The fraction of sp³-hybridized carbons (Fsp3) is 0.312. The van der Waals surface area contributed by atoms with Gasteiger partial charge in [-0.2, -0.15) is 0 Å². The number of hydrogen-bond donors (Lipinski definition) is 2. The Balaban J connectivity index is 1.20. The second-order valence-electron chi connectivity index (χ2n) is 10.2. The van der Waals surface area contributed by atoms with Crippen LogP contribution in [0.2, 0.25) is 0 Å². The van der Waals surface area contributed by atoms with Crippen molar-refractivity contribution in [2.24, 2.45) is 5.92 Å². The molecule has 0 bridgehead atoms. The Labute approximate surface area is 228 Å². The van der Waals surface area contributed by atoms with Gasteiger partial charge in [-0.25, -0.2) is 4.79 Å². The van der Waals surface area contributed by atoms with Crippen LogP contribution in [0.5, 0.6) is 11.5 Å². The predicted octanol–water partition coefficient (Wildman–Crippen LogP) is 5.56. The van der Waals surface area contributed by atoms with Gasteiger partial charge < -0.3 is 24.6 Å². The van der Waals surface area contributed by atoms with Gasteiger partial charge in [0.1, 0.15) is 5.75 Å². The molecule has 2 N–H and O–H groups in total. The van der Waals surface area contributed by atoms with Gasteiger partial charge in [0.15, 0.2) is 5.75 Å². The van der Waals surface area contributed by atoms with Gasteiger partial charge in [-0.05, 0) is 66.5 Å². The number of carbonyl (C=O) groups is 2. The fourth-order valence-electron chi connectivity index (χ4n) is 5.35. The van der Waals surface area contributed by atoms with Crippen molar-refractivity contribution < 1.29 is 29.3 Å². The summed E-state index contributed by atoms with van der Waals surface area (Å²) in [4.78, 5) is 24.6. The Morgan fingerprint density at radius 3 is 2.38 bits per heavy atom. The molecule has 1 aliphatic carbocycles. The van der Waals surface area contributed by atoms with E-state index in [1.807, 2.05) is 59.5 Å². The maximum atomic E-state index is 11.7. The number of fused-ring (bicyclic) bond motifs is 2. The second kappa shape index (κ2) is 12.1. The van der Waals surface area contributed by atoms with Crippen LogP contribution in [0.1, 0.15) is 41.5 Å². The summed E-state index contributed by atoms with van der Waals surface area (Å²) in [5.74, 6) is 0.0560. The van der Waals surface area contributed by atoms with Gasteiger partial charge in [-0.15, -0.1) is 0 Å². The van der Waals surface area contributed by atoms with Crippen LogP contribution in [0.15, 0.2) is 66.7 Å². The number of aliphatic carboxylic acids is 2. The molecule has 2 aliphatic rings. The number of para-hydroxylation sites is 1. The highest BCUT2D eigenvalue weighted by Gasteiger charge is 2.31. The summed E-state index contributed by atoms with van der Waals surface area (Å²) in [6.45, 7) is 1.30. The summed E-state index contributed by atoms with van der Waals surface area (Å²) < 4.78 is 11.9. The molecule has 1 aliphatic heterocycles. The van der Waals surface area contributed by atoms with E-state index in [1.165, 1.54) is 11.1 Å². The molecule has 0 amide bonds. The number of anilines is 1. The Morgan fingerprint density at radius 2 is 1.69 bits per heavy atom. The Hall–Kier alpha value is -4.26. The fourth-order valence-corrected chi connectivity index (χ4v) is 5.35. The molecule has 202 valence electrons. The van der Waals surface area contributed by atoms with E-state index < -0.39 is 18.0 Å². The smallest absolute Gasteiger partial charge is 0.346 e. The third-order valence-corrected chi connectivity index (χ3v) is 7.37. The molecule has 0 aromatic heterocycles. The van der Waals surface area contributed by atoms with Crippen molar-refractivity contribution in [3.63, 3.8) is 0 Å². The normalized spacial score (nSPS) is 16.5. The monoisotopic (exact) mass is 527 g/mol. The lowest BCUT2D eigenvalue weighted by molar-refractivity contribution is -0.145. The average Bonchev–Trinajstić information content (AvgIpc) is 3.35. The maximum absolute atomic E-state index is 11.7. The van der Waals surface area contributed by atoms with Crippen molar-refractivity contribution in [2.45, 2.75) is 38.2 Å². The molecule has 5 rings (SSSR count). The minimum absolute atomic E-state index is 0.0264. The molecule has 7 nitrogen and oxygen atoms in total. The van der Waals surface area contributed by atoms with E-state index in [4.69, 9.17) is 14.6 Å². The van der Waals surface area contributed by atoms with Crippen molar-refractivity contribution in [1.82, 2.24) is 0 Å². The minimum atomic E-state index is -1.05. The van der Waals surface area contributed by atoms with Crippen molar-refractivity contribution >= 4 is 29.8 Å². The molecule has 0 spiro atoms. The zero-order chi connectivity index (χ0) is 27.2. The molecule has 1 atom stereocenters. The molecule has 7 heteroatoms. The zero-order valence-corrected chi connectivity index (χ0v) is 21.8. The Kier molecular flexibility index (Phi) is 8.16. The average molecular weight is 528 g/mol. The van der Waals surface area contributed by atoms with Crippen LogP contribution in [-0.2, 0) is 22.4 Å². The number of rotatable bonds is 11. The van der Waals surface area contributed by atoms with Crippen molar-refractivity contribution in [3.05, 3.63) is 89.0 Å². The molecule has 3 aromatic carbocycles. The maximum Gasteiger partial charge on any atom is 0.346 e. The summed E-state index contributed by atoms with van der Waals surface area (Å²) in [5.41, 5.74) is 5.45. The van der Waals surface area contributed by atoms with Gasteiger partial charge in [-0.3, -0.25) is 4.79 Å². The second-order valence-corrected chi connectivity index (χ2v) is 10.2. The minimum Gasteiger partial charge on any atom is -0.494 e. The number of ether oxygens (including phenoxy) is 2. The first kappa shape index (κ1) is 26.4. The third-order valence-electron chi connectivity index (χ3n) is 7.37. The van der Waals surface area contributed by atoms with Crippen LogP contribution in [-0.4, -0.2) is 48.0 Å². The molecule has 3 aromatic rings. The molecule has 0 radical (unpaired) electrons. The van der Waals surface area contributed by atoms with Gasteiger partial charge in [0.2, 0.25) is 6.10 Å². The molecule has 39 heavy (non-hydrogen) atoms. The first-order valence-corrected chi connectivity index (χ1v) is 13.4. The SMILES string of the molecule is O=C(O)CCCN1CC(C(=O)O)Oc2c(/C=C/c3ccc(OCCC4Cc5ccccc5C4)cc3)cccc21. The summed E-state index contributed by atoms with van der Waals surface area (Å²) in [6.07, 6.45) is 6.57. The van der Waals surface area contributed by atoms with Crippen molar-refractivity contribution in [2.75, 3.05) is 24.6 Å². The number of carboxylic acids is 2. The molecular weight excluding hydrogens is 494 g/mol. The summed E-state index contributed by atoms with van der Waals surface area (Å²) in [5, 5.41) is 18.6. The van der Waals surface area contributed by atoms with Gasteiger partial charge in [-0.1, -0.05) is 60.7 Å². The highest BCUT2D eigenvalue weighted by molar-refractivity contribution is 5.81. The van der Waals surface area contributed by atoms with E-state index >= 15 is 0 Å². The number of hydrogen-bond acceptors (Lipinski definition) is 5. The molecular formula is C32H33NO6. The Bertz CT molecular complexity index is 1320. The largest absolute Gasteiger partial charge is 0.494 e. The lowest BCUT2D eigenvalue weighted by atomic mass is 10.0. The highest BCUT2D eigenvalue weighted by Crippen LogP contribution is 2.38. The molecule has 0 saturated carbocycles. The third kappa shape index (κ3) is 6.60. The van der Waals surface area contributed by atoms with E-state index in [-0.39, 0.29) is 13.0 Å². The van der Waals surface area contributed by atoms with Gasteiger partial charge in [0.25, 0.3) is 0 Å². The first-order valence-electron chi connectivity index (χ1n) is 13.4. The van der Waals surface area contributed by atoms with Crippen molar-refractivity contribution in [3.8, 4) is 11.5 Å². The summed E-state index contributed by atoms with van der Waals surface area (Å²) in [7, 11) is 0. The number of benzene rings is 3. The van der Waals surface area contributed by atoms with Crippen LogP contribution in [0.3, 0.4) is 0 Å². The predicted molar refractivity (Wildman–Crippen MR) is 150 cm³/mol. The molecule has 0 fully saturated rings. The van der Waals surface area contributed by atoms with E-state index in [9.17, 15) is 14.7 Å². The van der Waals surface area contributed by atoms with Crippen LogP contribution >= 0.6 is 0 Å². The van der Waals surface area contributed by atoms with Crippen LogP contribution in [0.4, 0.5) is 5.69 Å². The van der Waals surface area contributed by atoms with E-state index in [0.717, 1.165) is 41.8 Å². The standard InChI is InChI=1S/C32H33NO6/c34-30(35)9-4-17-33-21-29(32(36)37)39-31-24(7-3-8-28(31)33)13-10-22-11-14-27(15-12-22)38-18-16-23-19-25-5-1-2-6-26(25)20-23/h1-3,5-8,10-15,23,29H,4,9,16-21H2,(H,34,35)(H,36,37)/b13-10+. The van der Waals surface area contributed by atoms with Crippen LogP contribution < -0.4 is 14.4 Å². The van der Waals surface area contributed by atoms with E-state index in [1.54, 1.807) is 0 Å². The Morgan fingerprint density at radius 1 is 0.949 bits per heavy atom. The van der Waals surface area contributed by atoms with Crippen LogP contribution in [0.25, 0.3) is 12.2 Å². The van der Waals surface area contributed by atoms with Crippen LogP contribution in [0, 0.1) is 5.92 Å². The van der Waals surface area contributed by atoms with Gasteiger partial charge in [0, 0.05) is 18.5 Å². The lowest BCUT2D eigenvalue weighted by Gasteiger charge is -2.35. The highest BCUT2D eigenvalue weighted by atomic mass is 16.5. The zero-order valence-electron chi connectivity index (χ0n) is 21.8. The molecule has 1 heterocycles. The number of carboxylic acid groups (broad SMARTS) is 2. The van der Waals surface area contributed by atoms with Gasteiger partial charge in [0.05, 0.1) is 18.8 Å². The lowest BCUT2D eigenvalue weighted by Crippen LogP contribution is -2.45. The number of nitrogens with zero attached hydrogens (tertiary/aromatic N) is 1. The first-order chi connectivity index (χ1) is 19.0. The van der Waals surface area contributed by atoms with Crippen molar-refractivity contribution in [1.29, 1.82) is 0 Å². The van der Waals surface area contributed by atoms with E-state index in [0.29, 0.717) is 31.2 Å². The summed E-state index contributed by atoms with van der Waals surface area (Å²) in [6, 6.07) is 22.2. The quantitative estimate of drug-likeness (QED) is 0.315. The van der Waals surface area contributed by atoms with E-state index in [2.05, 4.69) is 24.3 Å². The topological polar surface area (TPSA) is 96.3 Å². The van der Waals surface area contributed by atoms with Gasteiger partial charge >= 0.3 is 11.9 Å².